The van der Waals surface area contributed by atoms with Crippen molar-refractivity contribution in [2.75, 3.05) is 0 Å². The zero-order valence-electron chi connectivity index (χ0n) is 7.16. The summed E-state index contributed by atoms with van der Waals surface area (Å²) in [4.78, 5) is 0. The van der Waals surface area contributed by atoms with E-state index in [2.05, 4.69) is 45.6 Å². The van der Waals surface area contributed by atoms with Gasteiger partial charge in [0.25, 0.3) is 0 Å². The van der Waals surface area contributed by atoms with Gasteiger partial charge in [0.2, 0.25) is 0 Å². The molecule has 0 N–H and O–H groups in total. The molecule has 1 aliphatic carbocycles. The molecule has 2 radical (unpaired) electrons. The van der Waals surface area contributed by atoms with Crippen LogP contribution >= 0.6 is 0 Å². The first-order valence-corrected chi connectivity index (χ1v) is 2.82. The van der Waals surface area contributed by atoms with E-state index in [-0.39, 0.29) is 17.1 Å². The molecule has 0 saturated carbocycles. The van der Waals surface area contributed by atoms with Gasteiger partial charge in [0, 0.05) is 23.5 Å². The summed E-state index contributed by atoms with van der Waals surface area (Å²) in [6.45, 7) is 11.1. The van der Waals surface area contributed by atoms with Gasteiger partial charge in [-0.25, -0.2) is 0 Å². The van der Waals surface area contributed by atoms with E-state index in [0.29, 0.717) is 0 Å². The van der Waals surface area contributed by atoms with Crippen LogP contribution < -0.4 is 0 Å². The zero-order valence-corrected chi connectivity index (χ0v) is 8.34. The molecule has 2 nitrogen and oxygen atoms in total. The molecule has 0 atom stereocenters. The van der Waals surface area contributed by atoms with Gasteiger partial charge in [-0.1, -0.05) is 23.8 Å². The van der Waals surface area contributed by atoms with E-state index in [1.165, 1.54) is 5.57 Å². The molecule has 0 saturated heterocycles. The summed E-state index contributed by atoms with van der Waals surface area (Å²) in [5, 5.41) is 0. The Morgan fingerprint density at radius 1 is 1.08 bits per heavy atom. The molecule has 3 heteroatoms. The summed E-state index contributed by atoms with van der Waals surface area (Å²) in [7, 11) is 0. The first-order chi connectivity index (χ1) is 5.89. The molecule has 0 aromatic heterocycles. The number of hydrogen-bond donors (Lipinski definition) is 0. The molecular weight excluding hydrogens is 207 g/mol. The fourth-order valence-electron chi connectivity index (χ4n) is 0.470. The van der Waals surface area contributed by atoms with Gasteiger partial charge in [-0.15, -0.1) is 12.8 Å². The molecule has 0 heterocycles. The van der Waals surface area contributed by atoms with Crippen LogP contribution in [0, 0.1) is 32.6 Å². The fourth-order valence-corrected chi connectivity index (χ4v) is 0.470. The predicted molar refractivity (Wildman–Crippen MR) is 44.9 cm³/mol. The van der Waals surface area contributed by atoms with E-state index in [9.17, 15) is 0 Å². The Kier molecular flexibility index (Phi) is 53.3. The molecule has 0 aliphatic heterocycles. The summed E-state index contributed by atoms with van der Waals surface area (Å²) in [6.07, 6.45) is 16.2. The van der Waals surface area contributed by atoms with E-state index in [0.717, 1.165) is 0 Å². The largest absolute Gasteiger partial charge is 0 e. The standard InChI is InChI=1S/C6H7.C2H2.2CO.Mn/c1-6-4-2-3-5-6;3*1-2;/h2-5H,1H3;1-2H;;;. The van der Waals surface area contributed by atoms with Crippen molar-refractivity contribution in [3.05, 3.63) is 43.5 Å². The van der Waals surface area contributed by atoms with Crippen LogP contribution in [0.25, 0.3) is 0 Å². The molecule has 0 bridgehead atoms. The van der Waals surface area contributed by atoms with Crippen LogP contribution in [0.3, 0.4) is 0 Å². The summed E-state index contributed by atoms with van der Waals surface area (Å²) in [5.41, 5.74) is 1.34. The van der Waals surface area contributed by atoms with Crippen LogP contribution in [0.2, 0.25) is 0 Å². The van der Waals surface area contributed by atoms with E-state index in [4.69, 9.17) is 9.30 Å². The van der Waals surface area contributed by atoms with Crippen LogP contribution in [0.1, 0.15) is 6.92 Å². The summed E-state index contributed by atoms with van der Waals surface area (Å²) in [6, 6.07) is 0. The molecule has 68 valence electrons. The zero-order chi connectivity index (χ0) is 10.4. The van der Waals surface area contributed by atoms with Crippen LogP contribution in [-0.4, -0.2) is 0 Å². The van der Waals surface area contributed by atoms with Crippen molar-refractivity contribution in [2.45, 2.75) is 6.92 Å². The van der Waals surface area contributed by atoms with Gasteiger partial charge in [-0.2, -0.15) is 0 Å². The molecule has 0 spiro atoms. The van der Waals surface area contributed by atoms with Crippen LogP contribution in [0.5, 0.6) is 0 Å². The molecule has 1 aliphatic rings. The molecule has 1 rings (SSSR count). The normalized spacial score (nSPS) is 9.00. The van der Waals surface area contributed by atoms with E-state index < -0.39 is 0 Å². The van der Waals surface area contributed by atoms with Gasteiger partial charge in [-0.3, -0.25) is 0 Å². The SMILES string of the molecule is C#C.CC1=CC=C[CH]1.[C-]#[O+].[C-]#[O+].[Mn]. The van der Waals surface area contributed by atoms with Crippen molar-refractivity contribution in [1.82, 2.24) is 0 Å². The third-order valence-electron chi connectivity index (χ3n) is 0.829. The Bertz CT molecular complexity index is 182. The second-order valence-electron chi connectivity index (χ2n) is 1.46. The third-order valence-corrected chi connectivity index (χ3v) is 0.829. The van der Waals surface area contributed by atoms with Gasteiger partial charge in [-0.05, 0) is 6.92 Å². The molecule has 0 amide bonds. The number of terminal acetylenes is 1. The van der Waals surface area contributed by atoms with Gasteiger partial charge in [0.15, 0.2) is 0 Å². The van der Waals surface area contributed by atoms with Crippen molar-refractivity contribution in [1.29, 1.82) is 0 Å². The topological polar surface area (TPSA) is 39.8 Å². The maximum absolute atomic E-state index is 7.50. The monoisotopic (exact) mass is 216 g/mol. The van der Waals surface area contributed by atoms with E-state index in [1.807, 2.05) is 12.2 Å². The van der Waals surface area contributed by atoms with Gasteiger partial charge < -0.3 is 0 Å². The minimum absolute atomic E-state index is 0. The maximum Gasteiger partial charge on any atom is 0 e. The second-order valence-corrected chi connectivity index (χ2v) is 1.46. The van der Waals surface area contributed by atoms with Crippen molar-refractivity contribution < 1.29 is 26.4 Å². The molecule has 0 aromatic carbocycles. The quantitative estimate of drug-likeness (QED) is 0.257. The third kappa shape index (κ3) is 24.7. The van der Waals surface area contributed by atoms with Crippen molar-refractivity contribution in [2.24, 2.45) is 0 Å². The Balaban J connectivity index is -0.0000000508. The minimum Gasteiger partial charge on any atom is 0 e. The number of hydrogen-bond acceptors (Lipinski definition) is 0. The molecular formula is C10H9MnO2. The van der Waals surface area contributed by atoms with Crippen LogP contribution in [0.15, 0.2) is 23.8 Å². The average molecular weight is 216 g/mol. The molecule has 0 unspecified atom stereocenters. The minimum atomic E-state index is 0. The Morgan fingerprint density at radius 3 is 1.54 bits per heavy atom. The molecule has 0 fully saturated rings. The number of rotatable bonds is 0. The van der Waals surface area contributed by atoms with E-state index in [1.54, 1.807) is 0 Å². The number of allylic oxidation sites excluding steroid dienone is 4. The first kappa shape index (κ1) is 22.7. The Morgan fingerprint density at radius 2 is 1.46 bits per heavy atom. The Labute approximate surface area is 90.0 Å². The smallest absolute Gasteiger partial charge is 0 e. The van der Waals surface area contributed by atoms with Crippen LogP contribution in [-0.2, 0) is 26.4 Å². The first-order valence-electron chi connectivity index (χ1n) is 2.82. The summed E-state index contributed by atoms with van der Waals surface area (Å²) in [5.74, 6) is 0. The molecule has 0 aromatic rings. The maximum atomic E-state index is 7.50. The van der Waals surface area contributed by atoms with Crippen LogP contribution in [0.4, 0.5) is 0 Å². The van der Waals surface area contributed by atoms with Gasteiger partial charge >= 0.3 is 22.6 Å². The van der Waals surface area contributed by atoms with Gasteiger partial charge in [0.1, 0.15) is 0 Å². The van der Waals surface area contributed by atoms with Gasteiger partial charge in [0.05, 0.1) is 0 Å². The van der Waals surface area contributed by atoms with Crippen molar-refractivity contribution in [3.63, 3.8) is 0 Å². The van der Waals surface area contributed by atoms with Crippen molar-refractivity contribution >= 4 is 0 Å². The molecule has 13 heavy (non-hydrogen) atoms. The fraction of sp³-hybridized carbons (Fsp3) is 0.100. The van der Waals surface area contributed by atoms with Crippen molar-refractivity contribution in [3.8, 4) is 12.8 Å². The second kappa shape index (κ2) is 30.5. The summed E-state index contributed by atoms with van der Waals surface area (Å²) >= 11 is 0. The Hall–Kier alpha value is -0.961. The average Bonchev–Trinajstić information content (AvgIpc) is 2.66. The van der Waals surface area contributed by atoms with E-state index >= 15 is 0 Å². The predicted octanol–water partition coefficient (Wildman–Crippen LogP) is 1.88. The summed E-state index contributed by atoms with van der Waals surface area (Å²) < 4.78 is 15.0.